The molecule has 28 heavy (non-hydrogen) atoms. The van der Waals surface area contributed by atoms with Crippen LogP contribution < -0.4 is 0 Å². The number of halogens is 5. The van der Waals surface area contributed by atoms with E-state index in [1.54, 1.807) is 0 Å². The van der Waals surface area contributed by atoms with Gasteiger partial charge in [-0.3, -0.25) is 0 Å². The molecular weight excluding hydrogens is 416 g/mol. The summed E-state index contributed by atoms with van der Waals surface area (Å²) < 4.78 is 76.7. The first-order chi connectivity index (χ1) is 13.0. The minimum absolute atomic E-state index is 0.0438. The van der Waals surface area contributed by atoms with E-state index in [1.807, 2.05) is 0 Å². The van der Waals surface area contributed by atoms with E-state index >= 15 is 0 Å². The van der Waals surface area contributed by atoms with Gasteiger partial charge in [0, 0.05) is 6.26 Å². The Hall–Kier alpha value is -2.38. The maximum absolute atomic E-state index is 13.9. The van der Waals surface area contributed by atoms with Crippen molar-refractivity contribution in [1.82, 2.24) is 0 Å². The minimum atomic E-state index is -4.56. The first kappa shape index (κ1) is 20.4. The molecule has 0 fully saturated rings. The molecule has 0 aromatic heterocycles. The fourth-order valence-corrected chi connectivity index (χ4v) is 3.50. The molecule has 0 heterocycles. The Balaban J connectivity index is 2.22. The number of sulfone groups is 1. The predicted molar refractivity (Wildman–Crippen MR) is 100 cm³/mol. The van der Waals surface area contributed by atoms with Gasteiger partial charge in [0.15, 0.2) is 9.84 Å². The van der Waals surface area contributed by atoms with Crippen LogP contribution in [0, 0.1) is 5.82 Å². The molecule has 0 saturated carbocycles. The first-order valence-corrected chi connectivity index (χ1v) is 10.2. The second-order valence-corrected chi connectivity index (χ2v) is 8.61. The second kappa shape index (κ2) is 7.22. The molecule has 0 saturated heterocycles. The molecule has 0 aliphatic carbocycles. The lowest BCUT2D eigenvalue weighted by atomic mass is 9.92. The smallest absolute Gasteiger partial charge is 0.224 e. The fourth-order valence-electron chi connectivity index (χ4n) is 2.76. The molecule has 3 aromatic rings. The molecule has 0 aliphatic heterocycles. The van der Waals surface area contributed by atoms with Gasteiger partial charge in [0.05, 0.1) is 15.5 Å². The zero-order valence-electron chi connectivity index (χ0n) is 14.4. The highest BCUT2D eigenvalue weighted by atomic mass is 35.5. The molecule has 0 N–H and O–H groups in total. The first-order valence-electron chi connectivity index (χ1n) is 7.94. The van der Waals surface area contributed by atoms with Crippen LogP contribution in [0.4, 0.5) is 17.6 Å². The maximum Gasteiger partial charge on any atom is 0.416 e. The molecule has 0 unspecified atom stereocenters. The highest BCUT2D eigenvalue weighted by Crippen LogP contribution is 2.39. The third-order valence-corrected chi connectivity index (χ3v) is 5.61. The Bertz CT molecular complexity index is 1140. The van der Waals surface area contributed by atoms with E-state index in [2.05, 4.69) is 0 Å². The summed E-state index contributed by atoms with van der Waals surface area (Å²) in [5.41, 5.74) is 0.391. The molecule has 3 aromatic carbocycles. The summed E-state index contributed by atoms with van der Waals surface area (Å²) >= 11 is 5.69. The Labute approximate surface area is 164 Å². The van der Waals surface area contributed by atoms with Crippen molar-refractivity contribution in [2.24, 2.45) is 0 Å². The average Bonchev–Trinajstić information content (AvgIpc) is 2.62. The van der Waals surface area contributed by atoms with Crippen LogP contribution in [0.1, 0.15) is 5.56 Å². The quantitative estimate of drug-likeness (QED) is 0.463. The van der Waals surface area contributed by atoms with Crippen molar-refractivity contribution in [3.05, 3.63) is 77.1 Å². The van der Waals surface area contributed by atoms with Crippen molar-refractivity contribution in [3.8, 4) is 22.3 Å². The van der Waals surface area contributed by atoms with Crippen LogP contribution >= 0.6 is 11.6 Å². The van der Waals surface area contributed by atoms with E-state index in [0.29, 0.717) is 16.7 Å². The SMILES string of the molecule is CS(=O)(=O)c1ccc(-c2cc(C(F)(F)F)ccc2-c2ccc(Cl)c(F)c2)cc1. The molecule has 2 nitrogen and oxygen atoms in total. The van der Waals surface area contributed by atoms with Gasteiger partial charge in [-0.15, -0.1) is 0 Å². The van der Waals surface area contributed by atoms with E-state index in [1.165, 1.54) is 42.5 Å². The Morgan fingerprint density at radius 2 is 1.43 bits per heavy atom. The lowest BCUT2D eigenvalue weighted by Gasteiger charge is -2.15. The molecule has 0 bridgehead atoms. The highest BCUT2D eigenvalue weighted by Gasteiger charge is 2.31. The summed E-state index contributed by atoms with van der Waals surface area (Å²) in [6.45, 7) is 0. The van der Waals surface area contributed by atoms with Crippen LogP contribution in [0.2, 0.25) is 5.02 Å². The normalized spacial score (nSPS) is 12.2. The largest absolute Gasteiger partial charge is 0.416 e. The van der Waals surface area contributed by atoms with Crippen LogP contribution in [0.25, 0.3) is 22.3 Å². The molecule has 3 rings (SSSR count). The van der Waals surface area contributed by atoms with Crippen molar-refractivity contribution >= 4 is 21.4 Å². The lowest BCUT2D eigenvalue weighted by Crippen LogP contribution is -2.05. The van der Waals surface area contributed by atoms with Crippen molar-refractivity contribution in [1.29, 1.82) is 0 Å². The predicted octanol–water partition coefficient (Wildman–Crippen LogP) is 6.24. The molecular formula is C20H13ClF4O2S. The molecule has 0 amide bonds. The number of rotatable bonds is 3. The van der Waals surface area contributed by atoms with E-state index in [4.69, 9.17) is 11.6 Å². The molecule has 0 spiro atoms. The Morgan fingerprint density at radius 3 is 1.96 bits per heavy atom. The molecule has 8 heteroatoms. The summed E-state index contributed by atoms with van der Waals surface area (Å²) in [6.07, 6.45) is -3.53. The van der Waals surface area contributed by atoms with E-state index in [-0.39, 0.29) is 15.5 Å². The fraction of sp³-hybridized carbons (Fsp3) is 0.100. The van der Waals surface area contributed by atoms with Gasteiger partial charge in [0.25, 0.3) is 0 Å². The van der Waals surface area contributed by atoms with Crippen molar-refractivity contribution in [3.63, 3.8) is 0 Å². The zero-order chi connectivity index (χ0) is 20.7. The molecule has 146 valence electrons. The highest BCUT2D eigenvalue weighted by molar-refractivity contribution is 7.90. The van der Waals surface area contributed by atoms with Crippen LogP contribution in [-0.4, -0.2) is 14.7 Å². The van der Waals surface area contributed by atoms with Crippen LogP contribution in [0.15, 0.2) is 65.6 Å². The third-order valence-electron chi connectivity index (χ3n) is 4.17. The summed E-state index contributed by atoms with van der Waals surface area (Å²) in [7, 11) is -3.45. The van der Waals surface area contributed by atoms with E-state index < -0.39 is 27.4 Å². The van der Waals surface area contributed by atoms with Gasteiger partial charge in [-0.1, -0.05) is 35.9 Å². The van der Waals surface area contributed by atoms with Gasteiger partial charge in [0.2, 0.25) is 0 Å². The van der Waals surface area contributed by atoms with Gasteiger partial charge in [-0.25, -0.2) is 12.8 Å². The van der Waals surface area contributed by atoms with Crippen molar-refractivity contribution < 1.29 is 26.0 Å². The van der Waals surface area contributed by atoms with E-state index in [0.717, 1.165) is 24.5 Å². The Kier molecular flexibility index (Phi) is 5.25. The monoisotopic (exact) mass is 428 g/mol. The lowest BCUT2D eigenvalue weighted by molar-refractivity contribution is -0.137. The maximum atomic E-state index is 13.9. The molecule has 0 aliphatic rings. The number of benzene rings is 3. The minimum Gasteiger partial charge on any atom is -0.224 e. The topological polar surface area (TPSA) is 34.1 Å². The van der Waals surface area contributed by atoms with Crippen LogP contribution in [0.3, 0.4) is 0 Å². The summed E-state index contributed by atoms with van der Waals surface area (Å²) in [5.74, 6) is -0.697. The molecule has 0 radical (unpaired) electrons. The van der Waals surface area contributed by atoms with Gasteiger partial charge in [-0.2, -0.15) is 13.2 Å². The Morgan fingerprint density at radius 1 is 0.821 bits per heavy atom. The summed E-state index contributed by atoms with van der Waals surface area (Å²) in [6, 6.07) is 12.6. The third kappa shape index (κ3) is 4.20. The standard InChI is InChI=1S/C20H13ClF4O2S/c1-28(26,27)15-6-2-12(3-7-15)17-11-14(20(23,24)25)5-8-16(17)13-4-9-18(21)19(22)10-13/h2-11H,1H3. The second-order valence-electron chi connectivity index (χ2n) is 6.18. The summed E-state index contributed by atoms with van der Waals surface area (Å²) in [5, 5.41) is -0.102. The van der Waals surface area contributed by atoms with Crippen molar-refractivity contribution in [2.45, 2.75) is 11.1 Å². The van der Waals surface area contributed by atoms with Crippen LogP contribution in [-0.2, 0) is 16.0 Å². The number of alkyl halides is 3. The van der Waals surface area contributed by atoms with E-state index in [9.17, 15) is 26.0 Å². The van der Waals surface area contributed by atoms with Crippen molar-refractivity contribution in [2.75, 3.05) is 6.26 Å². The van der Waals surface area contributed by atoms with Gasteiger partial charge >= 0.3 is 6.18 Å². The van der Waals surface area contributed by atoms with Gasteiger partial charge < -0.3 is 0 Å². The van der Waals surface area contributed by atoms with Gasteiger partial charge in [0.1, 0.15) is 5.82 Å². The van der Waals surface area contributed by atoms with Crippen LogP contribution in [0.5, 0.6) is 0 Å². The number of hydrogen-bond acceptors (Lipinski definition) is 2. The zero-order valence-corrected chi connectivity index (χ0v) is 16.0. The average molecular weight is 429 g/mol. The molecule has 0 atom stereocenters. The van der Waals surface area contributed by atoms with Gasteiger partial charge in [-0.05, 0) is 58.7 Å². The summed E-state index contributed by atoms with van der Waals surface area (Å²) in [4.78, 5) is 0.0438. The number of hydrogen-bond donors (Lipinski definition) is 0.